The average Bonchev–Trinajstić information content (AvgIpc) is 1.97. The lowest BCUT2D eigenvalue weighted by atomic mass is 10.1. The molecule has 1 aromatic rings. The van der Waals surface area contributed by atoms with Gasteiger partial charge in [0, 0.05) is 8.95 Å². The van der Waals surface area contributed by atoms with E-state index in [4.69, 9.17) is 0 Å². The molecule has 1 rings (SSSR count). The lowest BCUT2D eigenvalue weighted by Gasteiger charge is -2.03. The third-order valence-electron chi connectivity index (χ3n) is 1.41. The van der Waals surface area contributed by atoms with Gasteiger partial charge in [-0.1, -0.05) is 44.8 Å². The van der Waals surface area contributed by atoms with E-state index in [1.807, 2.05) is 18.2 Å². The maximum atomic E-state index is 3.49. The van der Waals surface area contributed by atoms with Crippen molar-refractivity contribution in [2.75, 3.05) is 0 Å². The van der Waals surface area contributed by atoms with Gasteiger partial charge in [-0.25, -0.2) is 0 Å². The molecule has 0 saturated heterocycles. The Bertz CT molecular complexity index is 223. The summed E-state index contributed by atoms with van der Waals surface area (Å²) in [4.78, 5) is 0. The molecule has 0 amide bonds. The molecule has 11 heavy (non-hydrogen) atoms. The summed E-state index contributed by atoms with van der Waals surface area (Å²) < 4.78 is 2.29. The molecule has 0 fully saturated rings. The Morgan fingerprint density at radius 2 is 1.82 bits per heavy atom. The predicted octanol–water partition coefficient (Wildman–Crippen LogP) is 4.17. The highest BCUT2D eigenvalue weighted by Gasteiger charge is 2.01. The largest absolute Gasteiger partial charge is 0.0648 e. The van der Waals surface area contributed by atoms with Gasteiger partial charge in [-0.2, -0.15) is 0 Å². The number of halogens is 2. The van der Waals surface area contributed by atoms with Crippen molar-refractivity contribution in [3.8, 4) is 0 Å². The minimum Gasteiger partial charge on any atom is -0.0648 e. The van der Waals surface area contributed by atoms with E-state index in [0.717, 1.165) is 15.4 Å². The number of hydrogen-bond donors (Lipinski definition) is 0. The first kappa shape index (κ1) is 9.27. The predicted molar refractivity (Wildman–Crippen MR) is 55.5 cm³/mol. The quantitative estimate of drug-likeness (QED) is 0.760. The third-order valence-corrected chi connectivity index (χ3v) is 2.79. The third kappa shape index (κ3) is 2.31. The van der Waals surface area contributed by atoms with Crippen LogP contribution in [0.5, 0.6) is 0 Å². The van der Waals surface area contributed by atoms with Crippen LogP contribution in [-0.2, 0) is 0 Å². The summed E-state index contributed by atoms with van der Waals surface area (Å²) in [7, 11) is 0. The van der Waals surface area contributed by atoms with Gasteiger partial charge in [0.1, 0.15) is 0 Å². The van der Waals surface area contributed by atoms with Gasteiger partial charge in [-0.15, -0.1) is 0 Å². The summed E-state index contributed by atoms with van der Waals surface area (Å²) in [5.74, 6) is 0. The van der Waals surface area contributed by atoms with Crippen LogP contribution in [-0.4, -0.2) is 0 Å². The molecule has 59 valence electrons. The average molecular weight is 277 g/mol. The molecule has 0 heterocycles. The van der Waals surface area contributed by atoms with Gasteiger partial charge in [0.25, 0.3) is 0 Å². The number of benzene rings is 1. The van der Waals surface area contributed by atoms with Crippen molar-refractivity contribution >= 4 is 31.9 Å². The molecule has 0 spiro atoms. The summed E-state index contributed by atoms with van der Waals surface area (Å²) in [6.45, 7) is 2.13. The zero-order chi connectivity index (χ0) is 8.27. The van der Waals surface area contributed by atoms with Gasteiger partial charge >= 0.3 is 0 Å². The highest BCUT2D eigenvalue weighted by atomic mass is 79.9. The van der Waals surface area contributed by atoms with E-state index in [0.29, 0.717) is 0 Å². The number of hydrogen-bond acceptors (Lipinski definition) is 0. The maximum absolute atomic E-state index is 3.49. The van der Waals surface area contributed by atoms with Gasteiger partial charge < -0.3 is 0 Å². The van der Waals surface area contributed by atoms with Gasteiger partial charge in [0.05, 0.1) is 0 Å². The van der Waals surface area contributed by atoms with Crippen LogP contribution in [0.4, 0.5) is 0 Å². The Kier molecular flexibility index (Phi) is 3.60. The topological polar surface area (TPSA) is 0 Å². The van der Waals surface area contributed by atoms with Crippen LogP contribution in [0, 0.1) is 6.42 Å². The standard InChI is InChI=1S/C9H9Br2/c1-2-4-7-8(10)5-3-6-9(7)11/h3-6H,2H2,1H3. The normalized spacial score (nSPS) is 10.1. The van der Waals surface area contributed by atoms with Crippen molar-refractivity contribution < 1.29 is 0 Å². The smallest absolute Gasteiger partial charge is 0.0221 e. The first-order valence-corrected chi connectivity index (χ1v) is 5.11. The highest BCUT2D eigenvalue weighted by Crippen LogP contribution is 2.26. The monoisotopic (exact) mass is 275 g/mol. The van der Waals surface area contributed by atoms with E-state index in [1.165, 1.54) is 5.56 Å². The fourth-order valence-electron chi connectivity index (χ4n) is 0.910. The first-order chi connectivity index (χ1) is 5.25. The van der Waals surface area contributed by atoms with E-state index < -0.39 is 0 Å². The van der Waals surface area contributed by atoms with E-state index in [2.05, 4.69) is 45.2 Å². The Morgan fingerprint density at radius 3 is 2.27 bits per heavy atom. The second-order valence-corrected chi connectivity index (χ2v) is 3.96. The van der Waals surface area contributed by atoms with Crippen LogP contribution in [0.2, 0.25) is 0 Å². The zero-order valence-corrected chi connectivity index (χ0v) is 9.44. The van der Waals surface area contributed by atoms with E-state index in [1.54, 1.807) is 0 Å². The highest BCUT2D eigenvalue weighted by molar-refractivity contribution is 9.11. The Balaban J connectivity index is 3.00. The Morgan fingerprint density at radius 1 is 1.27 bits per heavy atom. The van der Waals surface area contributed by atoms with Crippen molar-refractivity contribution in [1.82, 2.24) is 0 Å². The molecule has 0 saturated carbocycles. The second kappa shape index (κ2) is 4.27. The van der Waals surface area contributed by atoms with Gasteiger partial charge in [0.2, 0.25) is 0 Å². The Hall–Kier alpha value is 0.180. The molecule has 2 heteroatoms. The molecule has 0 aromatic heterocycles. The molecule has 0 unspecified atom stereocenters. The molecule has 0 N–H and O–H groups in total. The van der Waals surface area contributed by atoms with Crippen LogP contribution in [0.1, 0.15) is 18.9 Å². The fraction of sp³-hybridized carbons (Fsp3) is 0.222. The van der Waals surface area contributed by atoms with Crippen LogP contribution >= 0.6 is 31.9 Å². The van der Waals surface area contributed by atoms with E-state index >= 15 is 0 Å². The molecule has 0 bridgehead atoms. The van der Waals surface area contributed by atoms with E-state index in [9.17, 15) is 0 Å². The molecule has 0 aliphatic heterocycles. The van der Waals surface area contributed by atoms with Gasteiger partial charge in [0.15, 0.2) is 0 Å². The minimum absolute atomic E-state index is 1.06. The number of rotatable bonds is 2. The van der Waals surface area contributed by atoms with E-state index in [-0.39, 0.29) is 0 Å². The molecule has 0 aliphatic rings. The second-order valence-electron chi connectivity index (χ2n) is 2.25. The molecule has 1 radical (unpaired) electrons. The van der Waals surface area contributed by atoms with Crippen LogP contribution in [0.25, 0.3) is 0 Å². The lowest BCUT2D eigenvalue weighted by Crippen LogP contribution is -1.83. The van der Waals surface area contributed by atoms with Crippen LogP contribution < -0.4 is 0 Å². The van der Waals surface area contributed by atoms with Crippen LogP contribution in [0.3, 0.4) is 0 Å². The van der Waals surface area contributed by atoms with Crippen molar-refractivity contribution in [3.63, 3.8) is 0 Å². The fourth-order valence-corrected chi connectivity index (χ4v) is 2.23. The molecule has 1 aromatic carbocycles. The minimum atomic E-state index is 1.06. The summed E-state index contributed by atoms with van der Waals surface area (Å²) in [6.07, 6.45) is 3.25. The molecule has 0 atom stereocenters. The lowest BCUT2D eigenvalue weighted by molar-refractivity contribution is 1.11. The molecular weight excluding hydrogens is 268 g/mol. The maximum Gasteiger partial charge on any atom is 0.0221 e. The van der Waals surface area contributed by atoms with Crippen molar-refractivity contribution in [2.45, 2.75) is 13.3 Å². The summed E-state index contributed by atoms with van der Waals surface area (Å²) in [5, 5.41) is 0. The SMILES string of the molecule is CC[CH]c1c(Br)cccc1Br. The Labute approximate surface area is 84.3 Å². The summed E-state index contributed by atoms with van der Waals surface area (Å²) in [5.41, 5.74) is 1.25. The van der Waals surface area contributed by atoms with Gasteiger partial charge in [-0.3, -0.25) is 0 Å². The van der Waals surface area contributed by atoms with Crippen molar-refractivity contribution in [3.05, 3.63) is 39.1 Å². The first-order valence-electron chi connectivity index (χ1n) is 3.53. The molecule has 0 aliphatic carbocycles. The summed E-state index contributed by atoms with van der Waals surface area (Å²) >= 11 is 6.97. The van der Waals surface area contributed by atoms with Crippen molar-refractivity contribution in [1.29, 1.82) is 0 Å². The summed E-state index contributed by atoms with van der Waals surface area (Å²) in [6, 6.07) is 6.11. The molecular formula is C9H9Br2. The van der Waals surface area contributed by atoms with Gasteiger partial charge in [-0.05, 0) is 30.5 Å². The van der Waals surface area contributed by atoms with Crippen molar-refractivity contribution in [2.24, 2.45) is 0 Å². The van der Waals surface area contributed by atoms with Crippen LogP contribution in [0.15, 0.2) is 27.1 Å². The molecule has 0 nitrogen and oxygen atoms in total. The zero-order valence-electron chi connectivity index (χ0n) is 6.27.